The van der Waals surface area contributed by atoms with Crippen LogP contribution in [0.2, 0.25) is 0 Å². The second-order valence-corrected chi connectivity index (χ2v) is 17.7. The van der Waals surface area contributed by atoms with Crippen LogP contribution in [-0.2, 0) is 28.6 Å². The van der Waals surface area contributed by atoms with Crippen LogP contribution in [-0.4, -0.2) is 37.2 Å². The van der Waals surface area contributed by atoms with Crippen LogP contribution >= 0.6 is 0 Å². The molecule has 0 aliphatic rings. The van der Waals surface area contributed by atoms with Gasteiger partial charge in [-0.15, -0.1) is 0 Å². The van der Waals surface area contributed by atoms with Crippen molar-refractivity contribution >= 4 is 17.9 Å². The highest BCUT2D eigenvalue weighted by molar-refractivity contribution is 5.71. The van der Waals surface area contributed by atoms with Crippen LogP contribution in [0.4, 0.5) is 0 Å². The topological polar surface area (TPSA) is 78.9 Å². The van der Waals surface area contributed by atoms with Gasteiger partial charge in [-0.1, -0.05) is 211 Å². The first-order valence-electron chi connectivity index (χ1n) is 28.0. The van der Waals surface area contributed by atoms with E-state index in [2.05, 4.69) is 179 Å². The summed E-state index contributed by atoms with van der Waals surface area (Å²) in [5.41, 5.74) is 0. The quantitative estimate of drug-likeness (QED) is 0.0262. The van der Waals surface area contributed by atoms with Crippen molar-refractivity contribution in [2.24, 2.45) is 0 Å². The maximum Gasteiger partial charge on any atom is 0.306 e. The molecule has 0 bridgehead atoms. The van der Waals surface area contributed by atoms with Gasteiger partial charge in [0, 0.05) is 19.3 Å². The predicted octanol–water partition coefficient (Wildman–Crippen LogP) is 19.0. The molecule has 0 heterocycles. The molecule has 0 N–H and O–H groups in total. The monoisotopic (exact) mass is 977 g/mol. The molecule has 0 saturated carbocycles. The van der Waals surface area contributed by atoms with Crippen LogP contribution in [0.25, 0.3) is 0 Å². The standard InChI is InChI=1S/C65H100O6/c1-4-7-10-13-16-19-22-25-28-30-31-32-33-35-37-40-43-46-49-52-55-58-64(67)70-61-62(60-69-63(66)57-54-51-48-45-42-39-36-27-24-21-18-15-12-9-6-3)71-65(68)59-56-53-50-47-44-41-38-34-29-26-23-20-17-14-11-8-5-2/h7-8,10-11,16-21,25-29,31-32,35-38,41,43,46-47,50,62H,4-6,9,12-15,22-24,30,33-34,39-40,42,44-45,48-49,51-61H2,1-3H3/b10-7-,11-8-,19-16-,20-17-,21-18-,28-25-,29-26-,32-31-,36-27-,37-35-,41-38-,46-43-,50-47-. The molecule has 6 nitrogen and oxygen atoms in total. The van der Waals surface area contributed by atoms with Gasteiger partial charge in [0.05, 0.1) is 0 Å². The smallest absolute Gasteiger partial charge is 0.306 e. The van der Waals surface area contributed by atoms with E-state index >= 15 is 0 Å². The molecular weight excluding hydrogens is 877 g/mol. The largest absolute Gasteiger partial charge is 0.462 e. The number of carbonyl (C=O) groups is 3. The lowest BCUT2D eigenvalue weighted by atomic mass is 10.1. The molecular formula is C65H100O6. The molecule has 0 aliphatic carbocycles. The van der Waals surface area contributed by atoms with E-state index in [4.69, 9.17) is 14.2 Å². The molecule has 6 heteroatoms. The number of ether oxygens (including phenoxy) is 3. The molecule has 396 valence electrons. The Morgan fingerprint density at radius 3 is 0.930 bits per heavy atom. The van der Waals surface area contributed by atoms with Crippen LogP contribution in [0.15, 0.2) is 158 Å². The van der Waals surface area contributed by atoms with Crippen LogP contribution in [0, 0.1) is 0 Å². The number of carbonyl (C=O) groups excluding carboxylic acids is 3. The van der Waals surface area contributed by atoms with Gasteiger partial charge in [-0.2, -0.15) is 0 Å². The number of hydrogen-bond acceptors (Lipinski definition) is 6. The normalized spacial score (nSPS) is 13.3. The van der Waals surface area contributed by atoms with Crippen molar-refractivity contribution in [3.63, 3.8) is 0 Å². The Morgan fingerprint density at radius 2 is 0.563 bits per heavy atom. The van der Waals surface area contributed by atoms with Gasteiger partial charge in [-0.05, 0) is 141 Å². The van der Waals surface area contributed by atoms with E-state index in [-0.39, 0.29) is 44.0 Å². The molecule has 0 spiro atoms. The third-order valence-electron chi connectivity index (χ3n) is 11.0. The number of allylic oxidation sites excluding steroid dienone is 26. The predicted molar refractivity (Wildman–Crippen MR) is 306 cm³/mol. The summed E-state index contributed by atoms with van der Waals surface area (Å²) in [5.74, 6) is -1.06. The van der Waals surface area contributed by atoms with Crippen molar-refractivity contribution in [2.75, 3.05) is 13.2 Å². The maximum atomic E-state index is 12.8. The Labute approximate surface area is 435 Å². The molecule has 1 atom stereocenters. The third-order valence-corrected chi connectivity index (χ3v) is 11.0. The highest BCUT2D eigenvalue weighted by atomic mass is 16.6. The number of hydrogen-bond donors (Lipinski definition) is 0. The first-order chi connectivity index (χ1) is 35.0. The first-order valence-corrected chi connectivity index (χ1v) is 28.0. The zero-order valence-electron chi connectivity index (χ0n) is 45.2. The second kappa shape index (κ2) is 57.6. The summed E-state index contributed by atoms with van der Waals surface area (Å²) < 4.78 is 16.7. The van der Waals surface area contributed by atoms with Gasteiger partial charge in [-0.3, -0.25) is 14.4 Å². The maximum absolute atomic E-state index is 12.8. The average Bonchev–Trinajstić information content (AvgIpc) is 3.37. The highest BCUT2D eigenvalue weighted by Gasteiger charge is 2.19. The number of rotatable bonds is 48. The molecule has 0 aromatic rings. The van der Waals surface area contributed by atoms with Crippen LogP contribution in [0.3, 0.4) is 0 Å². The Bertz CT molecular complexity index is 1640. The van der Waals surface area contributed by atoms with Crippen molar-refractivity contribution < 1.29 is 28.6 Å². The van der Waals surface area contributed by atoms with E-state index in [0.29, 0.717) is 19.3 Å². The fraction of sp³-hybridized carbons (Fsp3) is 0.554. The van der Waals surface area contributed by atoms with E-state index in [1.54, 1.807) is 0 Å². The van der Waals surface area contributed by atoms with Crippen molar-refractivity contribution in [1.82, 2.24) is 0 Å². The SMILES string of the molecule is CC/C=C\C/C=C\C/C=C\C/C=C\C/C=C\C/C=C\CCCCC(=O)OCC(COC(=O)CCCCCCC/C=C\C/C=C\CCCCC)OC(=O)CCC/C=C\C/C=C\C/C=C\C/C=C\C/C=C\CC. The zero-order valence-corrected chi connectivity index (χ0v) is 45.2. The zero-order chi connectivity index (χ0) is 51.4. The summed E-state index contributed by atoms with van der Waals surface area (Å²) in [6, 6.07) is 0. The summed E-state index contributed by atoms with van der Waals surface area (Å²) in [4.78, 5) is 38.1. The summed E-state index contributed by atoms with van der Waals surface area (Å²) in [6.45, 7) is 6.27. The Kier molecular flexibility index (Phi) is 53.6. The molecule has 0 aromatic carbocycles. The van der Waals surface area contributed by atoms with Gasteiger partial charge in [0.2, 0.25) is 0 Å². The molecule has 0 aromatic heterocycles. The Morgan fingerprint density at radius 1 is 0.296 bits per heavy atom. The highest BCUT2D eigenvalue weighted by Crippen LogP contribution is 2.11. The summed E-state index contributed by atoms with van der Waals surface area (Å²) in [7, 11) is 0. The van der Waals surface area contributed by atoms with Crippen molar-refractivity contribution in [3.8, 4) is 0 Å². The van der Waals surface area contributed by atoms with Gasteiger partial charge >= 0.3 is 17.9 Å². The molecule has 0 aliphatic heterocycles. The molecule has 0 radical (unpaired) electrons. The molecule has 1 unspecified atom stereocenters. The van der Waals surface area contributed by atoms with Crippen molar-refractivity contribution in [1.29, 1.82) is 0 Å². The summed E-state index contributed by atoms with van der Waals surface area (Å²) >= 11 is 0. The van der Waals surface area contributed by atoms with Crippen LogP contribution in [0.1, 0.15) is 213 Å². The second-order valence-electron chi connectivity index (χ2n) is 17.7. The minimum absolute atomic E-state index is 0.129. The van der Waals surface area contributed by atoms with Crippen LogP contribution < -0.4 is 0 Å². The molecule has 71 heavy (non-hydrogen) atoms. The van der Waals surface area contributed by atoms with Gasteiger partial charge in [0.15, 0.2) is 6.10 Å². The number of esters is 3. The van der Waals surface area contributed by atoms with E-state index in [9.17, 15) is 14.4 Å². The van der Waals surface area contributed by atoms with E-state index in [0.717, 1.165) is 135 Å². The van der Waals surface area contributed by atoms with Gasteiger partial charge < -0.3 is 14.2 Å². The van der Waals surface area contributed by atoms with Crippen molar-refractivity contribution in [3.05, 3.63) is 158 Å². The molecule has 0 fully saturated rings. The summed E-state index contributed by atoms with van der Waals surface area (Å²) in [5, 5.41) is 0. The first kappa shape index (κ1) is 66.0. The Hall–Kier alpha value is -4.97. The minimum Gasteiger partial charge on any atom is -0.462 e. The lowest BCUT2D eigenvalue weighted by Gasteiger charge is -2.18. The molecule has 0 amide bonds. The minimum atomic E-state index is -0.840. The lowest BCUT2D eigenvalue weighted by Crippen LogP contribution is -2.30. The fourth-order valence-corrected chi connectivity index (χ4v) is 6.86. The Balaban J connectivity index is 4.61. The van der Waals surface area contributed by atoms with E-state index in [1.165, 1.54) is 25.7 Å². The van der Waals surface area contributed by atoms with Gasteiger partial charge in [-0.25, -0.2) is 0 Å². The van der Waals surface area contributed by atoms with Crippen molar-refractivity contribution in [2.45, 2.75) is 219 Å². The van der Waals surface area contributed by atoms with E-state index in [1.807, 2.05) is 0 Å². The average molecular weight is 978 g/mol. The van der Waals surface area contributed by atoms with Gasteiger partial charge in [0.25, 0.3) is 0 Å². The molecule has 0 rings (SSSR count). The fourth-order valence-electron chi connectivity index (χ4n) is 6.86. The lowest BCUT2D eigenvalue weighted by molar-refractivity contribution is -0.167. The third kappa shape index (κ3) is 55.8. The van der Waals surface area contributed by atoms with Crippen LogP contribution in [0.5, 0.6) is 0 Å². The van der Waals surface area contributed by atoms with Gasteiger partial charge in [0.1, 0.15) is 13.2 Å². The summed E-state index contributed by atoms with van der Waals surface area (Å²) in [6.07, 6.45) is 83.8. The number of unbranched alkanes of at least 4 members (excludes halogenated alkanes) is 11. The molecule has 0 saturated heterocycles. The van der Waals surface area contributed by atoms with E-state index < -0.39 is 6.10 Å².